The number of ether oxygens (including phenoxy) is 2. The molecule has 0 radical (unpaired) electrons. The second-order valence-corrected chi connectivity index (χ2v) is 7.48. The maximum absolute atomic E-state index is 11.8. The van der Waals surface area contributed by atoms with Gasteiger partial charge in [0.1, 0.15) is 17.6 Å². The first-order valence-corrected chi connectivity index (χ1v) is 7.64. The van der Waals surface area contributed by atoms with Crippen LogP contribution in [0.4, 0.5) is 0 Å². The van der Waals surface area contributed by atoms with Crippen LogP contribution in [0.1, 0.15) is 25.5 Å². The molecule has 0 saturated heterocycles. The van der Waals surface area contributed by atoms with E-state index in [1.54, 1.807) is 18.2 Å². The standard InChI is InChI=1S/C13H20O5S/c1-13(2,19(5,15)16)12(14)10-7-6-9(17-3)8-11(10)18-4/h6-8,12,14H,1-5H3. The van der Waals surface area contributed by atoms with Crippen LogP contribution >= 0.6 is 0 Å². The van der Waals surface area contributed by atoms with E-state index < -0.39 is 20.7 Å². The monoisotopic (exact) mass is 288 g/mol. The molecule has 1 atom stereocenters. The molecule has 0 spiro atoms. The first-order valence-electron chi connectivity index (χ1n) is 5.74. The number of aliphatic hydroxyl groups is 1. The molecule has 0 aliphatic carbocycles. The molecule has 0 saturated carbocycles. The third-order valence-electron chi connectivity index (χ3n) is 3.35. The molecule has 0 bridgehead atoms. The summed E-state index contributed by atoms with van der Waals surface area (Å²) < 4.78 is 32.5. The van der Waals surface area contributed by atoms with Crippen molar-refractivity contribution in [2.75, 3.05) is 20.5 Å². The lowest BCUT2D eigenvalue weighted by atomic mass is 9.97. The Morgan fingerprint density at radius 3 is 2.21 bits per heavy atom. The molecule has 1 unspecified atom stereocenters. The molecule has 5 nitrogen and oxygen atoms in total. The number of aliphatic hydroxyl groups excluding tert-OH is 1. The van der Waals surface area contributed by atoms with Gasteiger partial charge in [-0.2, -0.15) is 0 Å². The molecular formula is C13H20O5S. The van der Waals surface area contributed by atoms with Crippen LogP contribution in [0.25, 0.3) is 0 Å². The van der Waals surface area contributed by atoms with E-state index in [4.69, 9.17) is 9.47 Å². The Kier molecular flexibility index (Phi) is 4.47. The lowest BCUT2D eigenvalue weighted by Gasteiger charge is -2.29. The molecular weight excluding hydrogens is 268 g/mol. The second kappa shape index (κ2) is 5.38. The summed E-state index contributed by atoms with van der Waals surface area (Å²) in [5.74, 6) is 0.966. The molecule has 19 heavy (non-hydrogen) atoms. The van der Waals surface area contributed by atoms with Gasteiger partial charge in [-0.15, -0.1) is 0 Å². The van der Waals surface area contributed by atoms with Gasteiger partial charge in [-0.05, 0) is 26.0 Å². The van der Waals surface area contributed by atoms with Gasteiger partial charge in [-0.25, -0.2) is 8.42 Å². The van der Waals surface area contributed by atoms with Gasteiger partial charge in [0.25, 0.3) is 0 Å². The highest BCUT2D eigenvalue weighted by atomic mass is 32.2. The van der Waals surface area contributed by atoms with E-state index in [0.29, 0.717) is 17.1 Å². The van der Waals surface area contributed by atoms with Crippen molar-refractivity contribution in [3.63, 3.8) is 0 Å². The van der Waals surface area contributed by atoms with Crippen LogP contribution in [-0.4, -0.2) is 38.7 Å². The second-order valence-electron chi connectivity index (χ2n) is 4.89. The van der Waals surface area contributed by atoms with Gasteiger partial charge in [0.15, 0.2) is 9.84 Å². The summed E-state index contributed by atoms with van der Waals surface area (Å²) in [6.45, 7) is 2.97. The Morgan fingerprint density at radius 1 is 1.21 bits per heavy atom. The van der Waals surface area contributed by atoms with Crippen LogP contribution in [0.3, 0.4) is 0 Å². The molecule has 0 heterocycles. The Balaban J connectivity index is 3.31. The van der Waals surface area contributed by atoms with Crippen molar-refractivity contribution < 1.29 is 23.0 Å². The van der Waals surface area contributed by atoms with Gasteiger partial charge in [0.2, 0.25) is 0 Å². The summed E-state index contributed by atoms with van der Waals surface area (Å²) in [4.78, 5) is 0. The fourth-order valence-corrected chi connectivity index (χ4v) is 2.15. The molecule has 1 aromatic carbocycles. The van der Waals surface area contributed by atoms with Gasteiger partial charge >= 0.3 is 0 Å². The summed E-state index contributed by atoms with van der Waals surface area (Å²) in [5.41, 5.74) is 0.415. The number of methoxy groups -OCH3 is 2. The average molecular weight is 288 g/mol. The van der Waals surface area contributed by atoms with Gasteiger partial charge in [-0.3, -0.25) is 0 Å². The number of hydrogen-bond acceptors (Lipinski definition) is 5. The highest BCUT2D eigenvalue weighted by Gasteiger charge is 2.40. The van der Waals surface area contributed by atoms with E-state index in [9.17, 15) is 13.5 Å². The summed E-state index contributed by atoms with van der Waals surface area (Å²) in [5, 5.41) is 10.4. The highest BCUT2D eigenvalue weighted by molar-refractivity contribution is 7.92. The Hall–Kier alpha value is -1.27. The zero-order valence-corrected chi connectivity index (χ0v) is 12.6. The molecule has 108 valence electrons. The fraction of sp³-hybridized carbons (Fsp3) is 0.538. The molecule has 1 aromatic rings. The van der Waals surface area contributed by atoms with Crippen molar-refractivity contribution in [3.05, 3.63) is 23.8 Å². The largest absolute Gasteiger partial charge is 0.497 e. The molecule has 0 aliphatic heterocycles. The zero-order chi connectivity index (χ0) is 14.8. The van der Waals surface area contributed by atoms with Crippen LogP contribution in [0.2, 0.25) is 0 Å². The van der Waals surface area contributed by atoms with E-state index in [1.807, 2.05) is 0 Å². The quantitative estimate of drug-likeness (QED) is 0.890. The molecule has 1 N–H and O–H groups in total. The lowest BCUT2D eigenvalue weighted by Crippen LogP contribution is -2.38. The molecule has 6 heteroatoms. The van der Waals surface area contributed by atoms with Crippen molar-refractivity contribution in [2.24, 2.45) is 0 Å². The van der Waals surface area contributed by atoms with E-state index in [0.717, 1.165) is 6.26 Å². The van der Waals surface area contributed by atoms with Crippen molar-refractivity contribution in [1.82, 2.24) is 0 Å². The predicted octanol–water partition coefficient (Wildman–Crippen LogP) is 1.56. The topological polar surface area (TPSA) is 72.8 Å². The molecule has 0 aliphatic rings. The lowest BCUT2D eigenvalue weighted by molar-refractivity contribution is 0.136. The maximum atomic E-state index is 11.8. The smallest absolute Gasteiger partial charge is 0.155 e. The average Bonchev–Trinajstić information content (AvgIpc) is 2.35. The number of rotatable bonds is 5. The van der Waals surface area contributed by atoms with Gasteiger partial charge in [-0.1, -0.05) is 0 Å². The van der Waals surface area contributed by atoms with Crippen LogP contribution in [0, 0.1) is 0 Å². The Bertz CT molecular complexity index is 548. The van der Waals surface area contributed by atoms with Crippen LogP contribution < -0.4 is 9.47 Å². The van der Waals surface area contributed by atoms with E-state index in [2.05, 4.69) is 0 Å². The van der Waals surface area contributed by atoms with Gasteiger partial charge < -0.3 is 14.6 Å². The summed E-state index contributed by atoms with van der Waals surface area (Å²) in [7, 11) is -0.451. The number of sulfone groups is 1. The van der Waals surface area contributed by atoms with Crippen molar-refractivity contribution in [3.8, 4) is 11.5 Å². The molecule has 0 aromatic heterocycles. The Labute approximate surface area is 114 Å². The molecule has 0 fully saturated rings. The van der Waals surface area contributed by atoms with E-state index in [1.165, 1.54) is 28.1 Å². The third-order valence-corrected chi connectivity index (χ3v) is 5.48. The van der Waals surface area contributed by atoms with Crippen LogP contribution in [-0.2, 0) is 9.84 Å². The van der Waals surface area contributed by atoms with Crippen molar-refractivity contribution in [1.29, 1.82) is 0 Å². The first-order chi connectivity index (χ1) is 8.65. The highest BCUT2D eigenvalue weighted by Crippen LogP contribution is 2.38. The van der Waals surface area contributed by atoms with Gasteiger partial charge in [0.05, 0.1) is 19.0 Å². The van der Waals surface area contributed by atoms with Crippen LogP contribution in [0.5, 0.6) is 11.5 Å². The maximum Gasteiger partial charge on any atom is 0.155 e. The minimum absolute atomic E-state index is 0.392. The SMILES string of the molecule is COc1ccc(C(O)C(C)(C)S(C)(=O)=O)c(OC)c1. The van der Waals surface area contributed by atoms with E-state index >= 15 is 0 Å². The molecule has 0 amide bonds. The van der Waals surface area contributed by atoms with Crippen LogP contribution in [0.15, 0.2) is 18.2 Å². The first kappa shape index (κ1) is 15.8. The normalized spacial score (nSPS) is 14.0. The third kappa shape index (κ3) is 3.01. The van der Waals surface area contributed by atoms with E-state index in [-0.39, 0.29) is 0 Å². The zero-order valence-electron chi connectivity index (χ0n) is 11.8. The summed E-state index contributed by atoms with van der Waals surface area (Å²) in [6.07, 6.45) is -0.0879. The number of hydrogen-bond donors (Lipinski definition) is 1. The van der Waals surface area contributed by atoms with Gasteiger partial charge in [0, 0.05) is 17.9 Å². The van der Waals surface area contributed by atoms with Crippen molar-refractivity contribution >= 4 is 9.84 Å². The minimum atomic E-state index is -3.43. The predicted molar refractivity (Wildman–Crippen MR) is 73.4 cm³/mol. The number of benzene rings is 1. The fourth-order valence-electron chi connectivity index (χ4n) is 1.62. The minimum Gasteiger partial charge on any atom is -0.497 e. The summed E-state index contributed by atoms with van der Waals surface area (Å²) >= 11 is 0. The Morgan fingerprint density at radius 2 is 1.79 bits per heavy atom. The summed E-state index contributed by atoms with van der Waals surface area (Å²) in [6, 6.07) is 4.87. The van der Waals surface area contributed by atoms with Crippen molar-refractivity contribution in [2.45, 2.75) is 24.7 Å². The molecule has 1 rings (SSSR count).